The van der Waals surface area contributed by atoms with E-state index >= 15 is 0 Å². The Labute approximate surface area is 86.1 Å². The molecular formula is C11H20N2O. The van der Waals surface area contributed by atoms with E-state index in [1.165, 1.54) is 32.4 Å². The number of Topliss-reactive ketones (excluding diaryl/α,β-unsaturated/α-hetero) is 1. The van der Waals surface area contributed by atoms with Crippen LogP contribution in [-0.4, -0.2) is 54.9 Å². The van der Waals surface area contributed by atoms with Crippen LogP contribution in [-0.2, 0) is 4.79 Å². The maximum atomic E-state index is 11.0. The Balaban J connectivity index is 1.63. The van der Waals surface area contributed by atoms with Gasteiger partial charge >= 0.3 is 0 Å². The molecule has 0 spiro atoms. The van der Waals surface area contributed by atoms with E-state index in [0.717, 1.165) is 26.1 Å². The highest BCUT2D eigenvalue weighted by Crippen LogP contribution is 2.09. The molecule has 2 fully saturated rings. The van der Waals surface area contributed by atoms with Crippen LogP contribution in [0.1, 0.15) is 25.7 Å². The van der Waals surface area contributed by atoms with Crippen molar-refractivity contribution in [3.8, 4) is 0 Å². The highest BCUT2D eigenvalue weighted by Gasteiger charge is 2.19. The van der Waals surface area contributed by atoms with E-state index in [2.05, 4.69) is 9.80 Å². The average Bonchev–Trinajstić information content (AvgIpc) is 2.63. The van der Waals surface area contributed by atoms with E-state index in [9.17, 15) is 4.79 Å². The topological polar surface area (TPSA) is 23.6 Å². The van der Waals surface area contributed by atoms with Crippen molar-refractivity contribution in [2.24, 2.45) is 0 Å². The minimum atomic E-state index is 0.420. The van der Waals surface area contributed by atoms with Crippen molar-refractivity contribution in [1.82, 2.24) is 9.80 Å². The summed E-state index contributed by atoms with van der Waals surface area (Å²) >= 11 is 0. The molecule has 2 heterocycles. The van der Waals surface area contributed by atoms with Gasteiger partial charge in [0.2, 0.25) is 0 Å². The smallest absolute Gasteiger partial charge is 0.148 e. The molecule has 0 radical (unpaired) electrons. The molecule has 14 heavy (non-hydrogen) atoms. The van der Waals surface area contributed by atoms with Crippen LogP contribution in [0.15, 0.2) is 0 Å². The molecule has 0 unspecified atom stereocenters. The summed E-state index contributed by atoms with van der Waals surface area (Å²) in [6.45, 7) is 6.48. The Morgan fingerprint density at radius 1 is 0.929 bits per heavy atom. The maximum absolute atomic E-state index is 11.0. The van der Waals surface area contributed by atoms with Crippen molar-refractivity contribution in [2.45, 2.75) is 25.7 Å². The van der Waals surface area contributed by atoms with Gasteiger partial charge in [-0.2, -0.15) is 0 Å². The maximum Gasteiger partial charge on any atom is 0.148 e. The predicted molar refractivity (Wildman–Crippen MR) is 56.4 cm³/mol. The molecule has 2 rings (SSSR count). The normalized spacial score (nSPS) is 25.9. The number of piperidine rings is 1. The summed E-state index contributed by atoms with van der Waals surface area (Å²) in [4.78, 5) is 15.9. The van der Waals surface area contributed by atoms with Crippen LogP contribution in [0.5, 0.6) is 0 Å². The quantitative estimate of drug-likeness (QED) is 0.665. The van der Waals surface area contributed by atoms with Crippen LogP contribution in [0.3, 0.4) is 0 Å². The molecule has 3 heteroatoms. The van der Waals surface area contributed by atoms with Crippen molar-refractivity contribution < 1.29 is 4.79 Å². The van der Waals surface area contributed by atoms with Gasteiger partial charge in [-0.15, -0.1) is 0 Å². The number of carbonyl (C=O) groups excluding carboxylic acids is 1. The molecule has 0 saturated carbocycles. The van der Waals surface area contributed by atoms with Gasteiger partial charge in [0.25, 0.3) is 0 Å². The zero-order valence-corrected chi connectivity index (χ0v) is 8.87. The van der Waals surface area contributed by atoms with Crippen molar-refractivity contribution in [3.05, 3.63) is 0 Å². The van der Waals surface area contributed by atoms with Gasteiger partial charge in [0.05, 0.1) is 6.54 Å². The summed E-state index contributed by atoms with van der Waals surface area (Å²) in [5.74, 6) is 0.420. The van der Waals surface area contributed by atoms with Crippen molar-refractivity contribution in [3.63, 3.8) is 0 Å². The summed E-state index contributed by atoms with van der Waals surface area (Å²) in [7, 11) is 0. The first-order valence-corrected chi connectivity index (χ1v) is 5.81. The number of nitrogens with zero attached hydrogens (tertiary/aromatic N) is 2. The summed E-state index contributed by atoms with van der Waals surface area (Å²) in [6, 6.07) is 0. The van der Waals surface area contributed by atoms with Gasteiger partial charge < -0.3 is 4.90 Å². The molecule has 0 aromatic rings. The second kappa shape index (κ2) is 4.89. The number of hydrogen-bond acceptors (Lipinski definition) is 3. The predicted octanol–water partition coefficient (Wildman–Crippen LogP) is 0.747. The number of carbonyl (C=O) groups is 1. The third-order valence-electron chi connectivity index (χ3n) is 3.29. The summed E-state index contributed by atoms with van der Waals surface area (Å²) in [6.07, 6.45) is 4.90. The van der Waals surface area contributed by atoms with Gasteiger partial charge in [0.15, 0.2) is 0 Å². The third-order valence-corrected chi connectivity index (χ3v) is 3.29. The van der Waals surface area contributed by atoms with Gasteiger partial charge in [0.1, 0.15) is 5.78 Å². The van der Waals surface area contributed by atoms with Gasteiger partial charge in [-0.3, -0.25) is 9.69 Å². The number of ketones is 1. The van der Waals surface area contributed by atoms with Crippen molar-refractivity contribution in [1.29, 1.82) is 0 Å². The lowest BCUT2D eigenvalue weighted by molar-refractivity contribution is -0.116. The Hall–Kier alpha value is -0.410. The minimum Gasteiger partial charge on any atom is -0.302 e. The second-order valence-corrected chi connectivity index (χ2v) is 4.47. The zero-order chi connectivity index (χ0) is 9.80. The van der Waals surface area contributed by atoms with Crippen LogP contribution in [0, 0.1) is 0 Å². The van der Waals surface area contributed by atoms with E-state index in [0.29, 0.717) is 12.3 Å². The second-order valence-electron chi connectivity index (χ2n) is 4.47. The standard InChI is InChI=1S/C11H20N2O/c14-11-4-7-13(10-11)9-8-12-5-2-1-3-6-12/h1-10H2. The molecule has 0 amide bonds. The average molecular weight is 196 g/mol. The molecular weight excluding hydrogens is 176 g/mol. The van der Waals surface area contributed by atoms with E-state index < -0.39 is 0 Å². The third kappa shape index (κ3) is 2.79. The van der Waals surface area contributed by atoms with E-state index in [1.807, 2.05) is 0 Å². The van der Waals surface area contributed by atoms with E-state index in [-0.39, 0.29) is 0 Å². The van der Waals surface area contributed by atoms with Crippen molar-refractivity contribution >= 4 is 5.78 Å². The van der Waals surface area contributed by atoms with E-state index in [1.54, 1.807) is 0 Å². The molecule has 0 aromatic carbocycles. The van der Waals surface area contributed by atoms with Crippen LogP contribution < -0.4 is 0 Å². The van der Waals surface area contributed by atoms with Crippen LogP contribution >= 0.6 is 0 Å². The lowest BCUT2D eigenvalue weighted by Crippen LogP contribution is -2.37. The Bertz CT molecular complexity index is 199. The first-order chi connectivity index (χ1) is 6.84. The molecule has 0 aliphatic carbocycles. The first-order valence-electron chi connectivity index (χ1n) is 5.81. The first kappa shape index (κ1) is 10.1. The number of hydrogen-bond donors (Lipinski definition) is 0. The van der Waals surface area contributed by atoms with Gasteiger partial charge in [0, 0.05) is 26.1 Å². The lowest BCUT2D eigenvalue weighted by atomic mass is 10.1. The highest BCUT2D eigenvalue weighted by atomic mass is 16.1. The Morgan fingerprint density at radius 3 is 2.29 bits per heavy atom. The van der Waals surface area contributed by atoms with Crippen LogP contribution in [0.2, 0.25) is 0 Å². The van der Waals surface area contributed by atoms with Gasteiger partial charge in [-0.05, 0) is 25.9 Å². The molecule has 0 atom stereocenters. The number of likely N-dealkylation sites (tertiary alicyclic amines) is 2. The zero-order valence-electron chi connectivity index (χ0n) is 8.87. The fourth-order valence-electron chi connectivity index (χ4n) is 2.35. The fourth-order valence-corrected chi connectivity index (χ4v) is 2.35. The molecule has 80 valence electrons. The Morgan fingerprint density at radius 2 is 1.64 bits per heavy atom. The Kier molecular flexibility index (Phi) is 3.54. The fraction of sp³-hybridized carbons (Fsp3) is 0.909. The molecule has 2 saturated heterocycles. The molecule has 0 aromatic heterocycles. The molecule has 0 bridgehead atoms. The molecule has 2 aliphatic heterocycles. The SMILES string of the molecule is O=C1CCN(CCN2CCCCC2)C1. The largest absolute Gasteiger partial charge is 0.302 e. The van der Waals surface area contributed by atoms with Crippen LogP contribution in [0.25, 0.3) is 0 Å². The summed E-state index contributed by atoms with van der Waals surface area (Å²) in [5, 5.41) is 0. The van der Waals surface area contributed by atoms with Gasteiger partial charge in [-0.25, -0.2) is 0 Å². The minimum absolute atomic E-state index is 0.420. The summed E-state index contributed by atoms with van der Waals surface area (Å²) in [5.41, 5.74) is 0. The molecule has 3 nitrogen and oxygen atoms in total. The van der Waals surface area contributed by atoms with Crippen LogP contribution in [0.4, 0.5) is 0 Å². The number of rotatable bonds is 3. The van der Waals surface area contributed by atoms with Gasteiger partial charge in [-0.1, -0.05) is 6.42 Å². The highest BCUT2D eigenvalue weighted by molar-refractivity contribution is 5.82. The lowest BCUT2D eigenvalue weighted by Gasteiger charge is -2.28. The van der Waals surface area contributed by atoms with E-state index in [4.69, 9.17) is 0 Å². The molecule has 0 N–H and O–H groups in total. The van der Waals surface area contributed by atoms with Crippen molar-refractivity contribution in [2.75, 3.05) is 39.3 Å². The summed E-state index contributed by atoms with van der Waals surface area (Å²) < 4.78 is 0. The molecule has 2 aliphatic rings. The monoisotopic (exact) mass is 196 g/mol.